The normalized spacial score (nSPS) is 18.3. The number of hydrogen-bond donors (Lipinski definition) is 2. The second-order valence-corrected chi connectivity index (χ2v) is 6.72. The molecule has 2 heterocycles. The number of amides is 4. The topological polar surface area (TPSA) is 131 Å². The number of imide groups is 1. The van der Waals surface area contributed by atoms with Gasteiger partial charge in [0.2, 0.25) is 0 Å². The van der Waals surface area contributed by atoms with Crippen LogP contribution in [0.15, 0.2) is 34.9 Å². The molecule has 1 aromatic carbocycles. The van der Waals surface area contributed by atoms with E-state index < -0.39 is 36.0 Å². The van der Waals surface area contributed by atoms with Crippen molar-refractivity contribution in [3.8, 4) is 0 Å². The molecule has 0 saturated carbocycles. The Kier molecular flexibility index (Phi) is 5.86. The predicted octanol–water partition coefficient (Wildman–Crippen LogP) is 1.59. The number of ether oxygens (including phenoxy) is 1. The smallest absolute Gasteiger partial charge is 0.344 e. The molecule has 0 aliphatic carbocycles. The van der Waals surface area contributed by atoms with Gasteiger partial charge in [-0.2, -0.15) is 5.01 Å². The Morgan fingerprint density at radius 1 is 1.23 bits per heavy atom. The lowest BCUT2D eigenvalue weighted by Gasteiger charge is -2.25. The van der Waals surface area contributed by atoms with Crippen LogP contribution in [-0.4, -0.2) is 40.6 Å². The monoisotopic (exact) mass is 414 g/mol. The van der Waals surface area contributed by atoms with Crippen molar-refractivity contribution in [3.05, 3.63) is 52.9 Å². The van der Waals surface area contributed by atoms with E-state index >= 15 is 0 Å². The first-order chi connectivity index (χ1) is 14.3. The van der Waals surface area contributed by atoms with Crippen LogP contribution in [0.4, 0.5) is 4.79 Å². The minimum absolute atomic E-state index is 0.161. The second kappa shape index (κ2) is 8.36. The molecule has 4 amide bonds. The highest BCUT2D eigenvalue weighted by Crippen LogP contribution is 2.31. The standard InChI is InChI=1S/C20H22N4O6/c1-4-14-16(12(3)30-23-14)17(26)29-11-15(25)22-24-18(27)20(5-2,21-19(24)28)13-9-7-6-8-10-13/h6-10H,4-5,11H2,1-3H3,(H,21,28)(H,22,25)/t20-/m1/s1. The van der Waals surface area contributed by atoms with Crippen LogP contribution in [0, 0.1) is 6.92 Å². The summed E-state index contributed by atoms with van der Waals surface area (Å²) < 4.78 is 9.96. The molecule has 1 fully saturated rings. The molecule has 3 rings (SSSR count). The Morgan fingerprint density at radius 3 is 2.57 bits per heavy atom. The Labute approximate surface area is 172 Å². The zero-order valence-electron chi connectivity index (χ0n) is 16.9. The molecule has 0 unspecified atom stereocenters. The molecule has 10 heteroatoms. The van der Waals surface area contributed by atoms with Gasteiger partial charge >= 0.3 is 12.0 Å². The van der Waals surface area contributed by atoms with Crippen LogP contribution in [0.3, 0.4) is 0 Å². The van der Waals surface area contributed by atoms with E-state index in [1.165, 1.54) is 0 Å². The number of benzene rings is 1. The molecular weight excluding hydrogens is 392 g/mol. The van der Waals surface area contributed by atoms with Crippen LogP contribution >= 0.6 is 0 Å². The highest BCUT2D eigenvalue weighted by atomic mass is 16.5. The Balaban J connectivity index is 1.67. The molecule has 0 radical (unpaired) electrons. The van der Waals surface area contributed by atoms with Gasteiger partial charge in [0.15, 0.2) is 6.61 Å². The molecule has 1 atom stereocenters. The van der Waals surface area contributed by atoms with Gasteiger partial charge in [-0.1, -0.05) is 49.3 Å². The Morgan fingerprint density at radius 2 is 1.93 bits per heavy atom. The van der Waals surface area contributed by atoms with E-state index in [1.807, 2.05) is 0 Å². The number of rotatable bonds is 7. The van der Waals surface area contributed by atoms with Crippen molar-refractivity contribution in [3.63, 3.8) is 0 Å². The van der Waals surface area contributed by atoms with Gasteiger partial charge in [-0.15, -0.1) is 0 Å². The van der Waals surface area contributed by atoms with Crippen LogP contribution in [0.1, 0.15) is 47.6 Å². The third kappa shape index (κ3) is 3.63. The number of urea groups is 1. The van der Waals surface area contributed by atoms with Crippen molar-refractivity contribution in [1.29, 1.82) is 0 Å². The minimum atomic E-state index is -1.28. The van der Waals surface area contributed by atoms with Crippen LogP contribution in [0.5, 0.6) is 0 Å². The zero-order chi connectivity index (χ0) is 21.9. The largest absolute Gasteiger partial charge is 0.452 e. The van der Waals surface area contributed by atoms with Crippen LogP contribution < -0.4 is 10.7 Å². The van der Waals surface area contributed by atoms with Crippen LogP contribution in [0.25, 0.3) is 0 Å². The van der Waals surface area contributed by atoms with E-state index in [4.69, 9.17) is 9.26 Å². The number of nitrogens with zero attached hydrogens (tertiary/aromatic N) is 2. The van der Waals surface area contributed by atoms with Gasteiger partial charge in [0.1, 0.15) is 16.9 Å². The van der Waals surface area contributed by atoms with Crippen molar-refractivity contribution in [2.45, 2.75) is 39.2 Å². The third-order valence-corrected chi connectivity index (χ3v) is 4.93. The summed E-state index contributed by atoms with van der Waals surface area (Å²) >= 11 is 0. The maximum atomic E-state index is 13.0. The number of hydrazine groups is 1. The second-order valence-electron chi connectivity index (χ2n) is 6.72. The summed E-state index contributed by atoms with van der Waals surface area (Å²) in [4.78, 5) is 49.8. The number of carbonyl (C=O) groups excluding carboxylic acids is 4. The van der Waals surface area contributed by atoms with Gasteiger partial charge in [0.05, 0.1) is 5.69 Å². The van der Waals surface area contributed by atoms with Gasteiger partial charge < -0.3 is 14.6 Å². The highest BCUT2D eigenvalue weighted by molar-refractivity contribution is 6.08. The van der Waals surface area contributed by atoms with E-state index in [1.54, 1.807) is 51.1 Å². The highest BCUT2D eigenvalue weighted by Gasteiger charge is 2.52. The molecule has 0 spiro atoms. The number of esters is 1. The molecule has 158 valence electrons. The van der Waals surface area contributed by atoms with E-state index in [2.05, 4.69) is 15.9 Å². The molecular formula is C20H22N4O6. The average Bonchev–Trinajstić information content (AvgIpc) is 3.25. The van der Waals surface area contributed by atoms with Crippen molar-refractivity contribution in [2.24, 2.45) is 0 Å². The first-order valence-electron chi connectivity index (χ1n) is 9.48. The SMILES string of the molecule is CCc1noc(C)c1C(=O)OCC(=O)NN1C(=O)N[C@](CC)(c2ccccc2)C1=O. The summed E-state index contributed by atoms with van der Waals surface area (Å²) in [5.74, 6) is -1.95. The third-order valence-electron chi connectivity index (χ3n) is 4.93. The maximum absolute atomic E-state index is 13.0. The fourth-order valence-corrected chi connectivity index (χ4v) is 3.32. The van der Waals surface area contributed by atoms with Gasteiger partial charge in [-0.25, -0.2) is 9.59 Å². The molecule has 2 N–H and O–H groups in total. The van der Waals surface area contributed by atoms with Crippen LogP contribution in [0.2, 0.25) is 0 Å². The summed E-state index contributed by atoms with van der Waals surface area (Å²) in [5, 5.41) is 7.01. The molecule has 1 aliphatic heterocycles. The lowest BCUT2D eigenvalue weighted by molar-refractivity contribution is -0.140. The van der Waals surface area contributed by atoms with Crippen molar-refractivity contribution in [2.75, 3.05) is 6.61 Å². The van der Waals surface area contributed by atoms with Crippen molar-refractivity contribution in [1.82, 2.24) is 20.9 Å². The minimum Gasteiger partial charge on any atom is -0.452 e. The molecule has 2 aromatic rings. The molecule has 0 bridgehead atoms. The number of carbonyl (C=O) groups is 4. The van der Waals surface area contributed by atoms with E-state index in [9.17, 15) is 19.2 Å². The average molecular weight is 414 g/mol. The molecule has 10 nitrogen and oxygen atoms in total. The van der Waals surface area contributed by atoms with E-state index in [0.717, 1.165) is 0 Å². The molecule has 30 heavy (non-hydrogen) atoms. The molecule has 1 saturated heterocycles. The van der Waals surface area contributed by atoms with E-state index in [-0.39, 0.29) is 17.7 Å². The molecule has 1 aromatic heterocycles. The lowest BCUT2D eigenvalue weighted by atomic mass is 9.87. The van der Waals surface area contributed by atoms with Crippen molar-refractivity contribution >= 4 is 23.8 Å². The predicted molar refractivity (Wildman–Crippen MR) is 103 cm³/mol. The first-order valence-corrected chi connectivity index (χ1v) is 9.48. The van der Waals surface area contributed by atoms with Gasteiger partial charge in [-0.05, 0) is 25.3 Å². The Hall–Kier alpha value is -3.69. The van der Waals surface area contributed by atoms with Gasteiger partial charge in [0, 0.05) is 0 Å². The summed E-state index contributed by atoms with van der Waals surface area (Å²) in [7, 11) is 0. The zero-order valence-corrected chi connectivity index (χ0v) is 16.9. The Bertz CT molecular complexity index is 986. The van der Waals surface area contributed by atoms with Gasteiger partial charge in [0.25, 0.3) is 11.8 Å². The number of aryl methyl sites for hydroxylation is 2. The molecule has 1 aliphatic rings. The number of nitrogens with one attached hydrogen (secondary N) is 2. The van der Waals surface area contributed by atoms with Gasteiger partial charge in [-0.3, -0.25) is 15.0 Å². The lowest BCUT2D eigenvalue weighted by Crippen LogP contribution is -2.49. The first kappa shape index (κ1) is 21.0. The summed E-state index contributed by atoms with van der Waals surface area (Å²) in [6.07, 6.45) is 0.741. The fraction of sp³-hybridized carbons (Fsp3) is 0.350. The summed E-state index contributed by atoms with van der Waals surface area (Å²) in [6.45, 7) is 4.42. The number of hydrogen-bond acceptors (Lipinski definition) is 7. The fourth-order valence-electron chi connectivity index (χ4n) is 3.32. The summed E-state index contributed by atoms with van der Waals surface area (Å²) in [5.41, 5.74) is 2.10. The van der Waals surface area contributed by atoms with Crippen LogP contribution in [-0.2, 0) is 26.3 Å². The van der Waals surface area contributed by atoms with E-state index in [0.29, 0.717) is 22.7 Å². The quantitative estimate of drug-likeness (QED) is 0.520. The number of aromatic nitrogens is 1. The summed E-state index contributed by atoms with van der Waals surface area (Å²) in [6, 6.07) is 7.98. The maximum Gasteiger partial charge on any atom is 0.344 e. The van der Waals surface area contributed by atoms with Crippen molar-refractivity contribution < 1.29 is 28.4 Å².